The van der Waals surface area contributed by atoms with Crippen molar-refractivity contribution >= 4 is 33.4 Å². The molecule has 0 amide bonds. The number of phenolic OH excluding ortho intramolecular Hbond substituents is 1. The fraction of sp³-hybridized carbons (Fsp3) is 0. The summed E-state index contributed by atoms with van der Waals surface area (Å²) < 4.78 is 0.630. The van der Waals surface area contributed by atoms with Crippen LogP contribution in [0.15, 0.2) is 56.7 Å². The molecule has 0 heterocycles. The number of nitro groups is 1. The van der Waals surface area contributed by atoms with Gasteiger partial charge in [0.05, 0.1) is 9.82 Å². The van der Waals surface area contributed by atoms with Crippen molar-refractivity contribution in [2.75, 3.05) is 0 Å². The SMILES string of the molecule is O=[N+]([O-])c1ccc(Sc2ccccc2O)c(Br)c1. The van der Waals surface area contributed by atoms with Crippen LogP contribution in [0.5, 0.6) is 5.75 Å². The van der Waals surface area contributed by atoms with Crippen LogP contribution in [0.25, 0.3) is 0 Å². The average Bonchev–Trinajstić information content (AvgIpc) is 2.34. The Morgan fingerprint density at radius 3 is 2.50 bits per heavy atom. The second-order valence-corrected chi connectivity index (χ2v) is 5.38. The Morgan fingerprint density at radius 1 is 1.17 bits per heavy atom. The van der Waals surface area contributed by atoms with Crippen LogP contribution >= 0.6 is 27.7 Å². The summed E-state index contributed by atoms with van der Waals surface area (Å²) in [6, 6.07) is 11.5. The van der Waals surface area contributed by atoms with Gasteiger partial charge in [-0.1, -0.05) is 23.9 Å². The van der Waals surface area contributed by atoms with Crippen molar-refractivity contribution in [1.29, 1.82) is 0 Å². The van der Waals surface area contributed by atoms with E-state index in [-0.39, 0.29) is 11.4 Å². The summed E-state index contributed by atoms with van der Waals surface area (Å²) in [4.78, 5) is 11.7. The largest absolute Gasteiger partial charge is 0.507 e. The molecule has 92 valence electrons. The van der Waals surface area contributed by atoms with Gasteiger partial charge in [-0.2, -0.15) is 0 Å². The van der Waals surface area contributed by atoms with Crippen LogP contribution < -0.4 is 0 Å². The Bertz CT molecular complexity index is 604. The van der Waals surface area contributed by atoms with Crippen LogP contribution in [0.1, 0.15) is 0 Å². The molecular weight excluding hydrogens is 318 g/mol. The normalized spacial score (nSPS) is 10.3. The molecule has 0 unspecified atom stereocenters. The highest BCUT2D eigenvalue weighted by Crippen LogP contribution is 2.38. The van der Waals surface area contributed by atoms with Gasteiger partial charge < -0.3 is 5.11 Å². The quantitative estimate of drug-likeness (QED) is 0.678. The molecule has 0 bridgehead atoms. The fourth-order valence-corrected chi connectivity index (χ4v) is 2.81. The van der Waals surface area contributed by atoms with E-state index < -0.39 is 4.92 Å². The third kappa shape index (κ3) is 2.83. The summed E-state index contributed by atoms with van der Waals surface area (Å²) in [5.74, 6) is 0.188. The third-order valence-corrected chi connectivity index (χ3v) is 4.27. The molecule has 6 heteroatoms. The van der Waals surface area contributed by atoms with E-state index in [1.807, 2.05) is 6.07 Å². The highest BCUT2D eigenvalue weighted by atomic mass is 79.9. The highest BCUT2D eigenvalue weighted by molar-refractivity contribution is 9.10. The van der Waals surface area contributed by atoms with Crippen molar-refractivity contribution in [3.63, 3.8) is 0 Å². The zero-order chi connectivity index (χ0) is 13.1. The summed E-state index contributed by atoms with van der Waals surface area (Å²) in [6.07, 6.45) is 0. The molecule has 0 aliphatic carbocycles. The van der Waals surface area contributed by atoms with Crippen molar-refractivity contribution in [3.8, 4) is 5.75 Å². The van der Waals surface area contributed by atoms with E-state index in [9.17, 15) is 15.2 Å². The molecule has 2 aromatic carbocycles. The minimum Gasteiger partial charge on any atom is -0.507 e. The number of aromatic hydroxyl groups is 1. The van der Waals surface area contributed by atoms with E-state index in [1.165, 1.54) is 23.9 Å². The van der Waals surface area contributed by atoms with Crippen LogP contribution in [-0.4, -0.2) is 10.0 Å². The first-order chi connectivity index (χ1) is 8.58. The van der Waals surface area contributed by atoms with Crippen molar-refractivity contribution in [2.45, 2.75) is 9.79 Å². The monoisotopic (exact) mass is 325 g/mol. The lowest BCUT2D eigenvalue weighted by atomic mass is 10.3. The minimum atomic E-state index is -0.445. The van der Waals surface area contributed by atoms with Gasteiger partial charge in [0.15, 0.2) is 0 Å². The van der Waals surface area contributed by atoms with Gasteiger partial charge >= 0.3 is 0 Å². The Morgan fingerprint density at radius 2 is 1.89 bits per heavy atom. The van der Waals surface area contributed by atoms with Crippen LogP contribution in [0, 0.1) is 10.1 Å². The van der Waals surface area contributed by atoms with Gasteiger partial charge in [-0.15, -0.1) is 0 Å². The maximum atomic E-state index is 10.6. The Hall–Kier alpha value is -1.53. The summed E-state index contributed by atoms with van der Waals surface area (Å²) in [5, 5.41) is 20.3. The zero-order valence-electron chi connectivity index (χ0n) is 9.04. The third-order valence-electron chi connectivity index (χ3n) is 2.21. The van der Waals surface area contributed by atoms with E-state index in [2.05, 4.69) is 15.9 Å². The van der Waals surface area contributed by atoms with Gasteiger partial charge in [0, 0.05) is 21.5 Å². The van der Waals surface area contributed by atoms with Gasteiger partial charge in [0.25, 0.3) is 5.69 Å². The fourth-order valence-electron chi connectivity index (χ4n) is 1.35. The minimum absolute atomic E-state index is 0.0310. The van der Waals surface area contributed by atoms with Crippen LogP contribution in [-0.2, 0) is 0 Å². The Labute approximate surface area is 116 Å². The number of non-ortho nitro benzene ring substituents is 1. The molecule has 2 rings (SSSR count). The lowest BCUT2D eigenvalue weighted by molar-refractivity contribution is -0.385. The lowest BCUT2D eigenvalue weighted by Gasteiger charge is -2.05. The standard InChI is InChI=1S/C12H8BrNO3S/c13-9-7-8(14(16)17)5-6-11(9)18-12-4-2-1-3-10(12)15/h1-7,15H. The Balaban J connectivity index is 2.30. The van der Waals surface area contributed by atoms with E-state index >= 15 is 0 Å². The van der Waals surface area contributed by atoms with E-state index in [4.69, 9.17) is 0 Å². The van der Waals surface area contributed by atoms with E-state index in [0.29, 0.717) is 9.37 Å². The van der Waals surface area contributed by atoms with Gasteiger partial charge in [-0.3, -0.25) is 10.1 Å². The molecule has 2 aromatic rings. The van der Waals surface area contributed by atoms with Gasteiger partial charge in [0.1, 0.15) is 5.75 Å². The number of rotatable bonds is 3. The number of phenols is 1. The second kappa shape index (κ2) is 5.41. The molecule has 0 aromatic heterocycles. The first-order valence-corrected chi connectivity index (χ1v) is 6.58. The van der Waals surface area contributed by atoms with Gasteiger partial charge in [0.2, 0.25) is 0 Å². The van der Waals surface area contributed by atoms with Crippen molar-refractivity contribution in [3.05, 3.63) is 57.1 Å². The molecule has 0 radical (unpaired) electrons. The maximum Gasteiger partial charge on any atom is 0.270 e. The molecule has 0 aliphatic heterocycles. The zero-order valence-corrected chi connectivity index (χ0v) is 11.4. The summed E-state index contributed by atoms with van der Waals surface area (Å²) in [5.41, 5.74) is 0.0310. The highest BCUT2D eigenvalue weighted by Gasteiger charge is 2.11. The number of nitro benzene ring substituents is 1. The second-order valence-electron chi connectivity index (χ2n) is 3.44. The maximum absolute atomic E-state index is 10.6. The summed E-state index contributed by atoms with van der Waals surface area (Å²) in [7, 11) is 0. The number of para-hydroxylation sites is 1. The van der Waals surface area contributed by atoms with Crippen molar-refractivity contribution < 1.29 is 10.0 Å². The predicted molar refractivity (Wildman–Crippen MR) is 73.0 cm³/mol. The molecule has 0 saturated carbocycles. The van der Waals surface area contributed by atoms with Gasteiger partial charge in [-0.25, -0.2) is 0 Å². The molecule has 0 spiro atoms. The van der Waals surface area contributed by atoms with Crippen molar-refractivity contribution in [1.82, 2.24) is 0 Å². The Kier molecular flexibility index (Phi) is 3.88. The van der Waals surface area contributed by atoms with E-state index in [1.54, 1.807) is 24.3 Å². The first-order valence-electron chi connectivity index (χ1n) is 4.97. The predicted octanol–water partition coefficient (Wildman–Crippen LogP) is 4.21. The molecule has 4 nitrogen and oxygen atoms in total. The first kappa shape index (κ1) is 12.9. The van der Waals surface area contributed by atoms with Crippen LogP contribution in [0.3, 0.4) is 0 Å². The lowest BCUT2D eigenvalue weighted by Crippen LogP contribution is -1.88. The van der Waals surface area contributed by atoms with Crippen LogP contribution in [0.4, 0.5) is 5.69 Å². The molecule has 1 N–H and O–H groups in total. The summed E-state index contributed by atoms with van der Waals surface area (Å²) >= 11 is 4.63. The molecule has 18 heavy (non-hydrogen) atoms. The topological polar surface area (TPSA) is 63.4 Å². The van der Waals surface area contributed by atoms with Crippen LogP contribution in [0.2, 0.25) is 0 Å². The number of benzene rings is 2. The molecule has 0 aliphatic rings. The average molecular weight is 326 g/mol. The molecule has 0 atom stereocenters. The number of hydrogen-bond acceptors (Lipinski definition) is 4. The van der Waals surface area contributed by atoms with Crippen molar-refractivity contribution in [2.24, 2.45) is 0 Å². The molecule has 0 fully saturated rings. The van der Waals surface area contributed by atoms with Gasteiger partial charge in [-0.05, 0) is 34.1 Å². The smallest absolute Gasteiger partial charge is 0.270 e. The number of nitrogens with zero attached hydrogens (tertiary/aromatic N) is 1. The molecule has 0 saturated heterocycles. The number of halogens is 1. The molecular formula is C12H8BrNO3S. The number of hydrogen-bond donors (Lipinski definition) is 1. The van der Waals surface area contributed by atoms with E-state index in [0.717, 1.165) is 4.90 Å². The summed E-state index contributed by atoms with van der Waals surface area (Å²) in [6.45, 7) is 0.